The SMILES string of the molecule is O=C(N[C@H]1CCCCC/C=C\[C@@H]2C[C@@]2(C(=O)Nc2nnn[nH]2)NC(=O)[C@@H]2C[C@@H](Oc3nc4ccccc4nc3-c3cccs3)CN2C1=O)OC1CCCC1. The number of anilines is 1. The lowest BCUT2D eigenvalue weighted by molar-refractivity contribution is -0.141. The van der Waals surface area contributed by atoms with Gasteiger partial charge in [-0.1, -0.05) is 48.3 Å². The topological polar surface area (TPSA) is 206 Å². The Morgan fingerprint density at radius 2 is 1.78 bits per heavy atom. The molecule has 2 aliphatic carbocycles. The number of amides is 4. The van der Waals surface area contributed by atoms with Gasteiger partial charge in [-0.25, -0.2) is 19.9 Å². The van der Waals surface area contributed by atoms with Crippen LogP contribution in [0, 0.1) is 5.92 Å². The van der Waals surface area contributed by atoms with Crippen LogP contribution in [0.25, 0.3) is 21.6 Å². The van der Waals surface area contributed by atoms with Gasteiger partial charge in [0.1, 0.15) is 35.5 Å². The van der Waals surface area contributed by atoms with Crippen molar-refractivity contribution in [3.05, 3.63) is 53.9 Å². The number of nitrogens with zero attached hydrogens (tertiary/aromatic N) is 6. The highest BCUT2D eigenvalue weighted by Gasteiger charge is 2.61. The molecule has 0 radical (unpaired) electrons. The van der Waals surface area contributed by atoms with E-state index in [0.717, 1.165) is 49.8 Å². The lowest BCUT2D eigenvalue weighted by Gasteiger charge is -2.30. The van der Waals surface area contributed by atoms with Crippen LogP contribution in [-0.2, 0) is 19.1 Å². The number of carbonyl (C=O) groups excluding carboxylic acids is 4. The van der Waals surface area contributed by atoms with Gasteiger partial charge in [-0.2, -0.15) is 0 Å². The number of fused-ring (bicyclic) bond motifs is 3. The van der Waals surface area contributed by atoms with Gasteiger partial charge in [0.2, 0.25) is 23.6 Å². The summed E-state index contributed by atoms with van der Waals surface area (Å²) in [6, 6.07) is 9.41. The summed E-state index contributed by atoms with van der Waals surface area (Å²) in [6.45, 7) is 0.0391. The van der Waals surface area contributed by atoms with Gasteiger partial charge in [0.15, 0.2) is 0 Å². The molecule has 0 spiro atoms. The monoisotopic (exact) mass is 754 g/mol. The molecule has 4 N–H and O–H groups in total. The smallest absolute Gasteiger partial charge is 0.408 e. The highest BCUT2D eigenvalue weighted by molar-refractivity contribution is 7.13. The number of aromatic amines is 1. The number of ether oxygens (including phenoxy) is 2. The molecular weight excluding hydrogens is 713 g/mol. The maximum absolute atomic E-state index is 14.6. The first-order valence-corrected chi connectivity index (χ1v) is 19.5. The zero-order valence-electron chi connectivity index (χ0n) is 29.6. The maximum atomic E-state index is 14.6. The number of hydrogen-bond acceptors (Lipinski definition) is 12. The van der Waals surface area contributed by atoms with Crippen LogP contribution in [0.2, 0.25) is 0 Å². The van der Waals surface area contributed by atoms with Gasteiger partial charge < -0.3 is 25.0 Å². The molecule has 4 amide bonds. The van der Waals surface area contributed by atoms with Gasteiger partial charge in [0.25, 0.3) is 5.91 Å². The van der Waals surface area contributed by atoms with E-state index >= 15 is 0 Å². The Morgan fingerprint density at radius 3 is 2.56 bits per heavy atom. The first-order chi connectivity index (χ1) is 26.4. The Labute approximate surface area is 314 Å². The van der Waals surface area contributed by atoms with Crippen molar-refractivity contribution in [2.75, 3.05) is 11.9 Å². The van der Waals surface area contributed by atoms with E-state index in [1.54, 1.807) is 0 Å². The van der Waals surface area contributed by atoms with Crippen LogP contribution in [-0.4, -0.2) is 95.7 Å². The minimum absolute atomic E-state index is 0.0391. The van der Waals surface area contributed by atoms with Gasteiger partial charge in [-0.15, -0.1) is 11.3 Å². The summed E-state index contributed by atoms with van der Waals surface area (Å²) in [7, 11) is 0. The van der Waals surface area contributed by atoms with E-state index < -0.39 is 47.5 Å². The third-order valence-corrected chi connectivity index (χ3v) is 11.5. The molecule has 54 heavy (non-hydrogen) atoms. The number of aromatic nitrogens is 6. The van der Waals surface area contributed by atoms with Crippen LogP contribution in [0.1, 0.15) is 70.6 Å². The molecule has 282 valence electrons. The van der Waals surface area contributed by atoms with E-state index in [1.807, 2.05) is 53.9 Å². The number of benzene rings is 1. The zero-order chi connectivity index (χ0) is 37.1. The molecule has 8 rings (SSSR count). The maximum Gasteiger partial charge on any atom is 0.408 e. The van der Waals surface area contributed by atoms with Crippen molar-refractivity contribution in [1.29, 1.82) is 0 Å². The minimum atomic E-state index is -1.28. The van der Waals surface area contributed by atoms with Crippen molar-refractivity contribution >= 4 is 52.1 Å². The second-order valence-electron chi connectivity index (χ2n) is 14.4. The molecule has 5 atom stereocenters. The lowest BCUT2D eigenvalue weighted by atomic mass is 10.0. The third kappa shape index (κ3) is 7.62. The van der Waals surface area contributed by atoms with E-state index in [0.29, 0.717) is 36.0 Å². The fourth-order valence-electron chi connectivity index (χ4n) is 7.73. The molecule has 1 aromatic carbocycles. The summed E-state index contributed by atoms with van der Waals surface area (Å²) >= 11 is 1.50. The van der Waals surface area contributed by atoms with E-state index in [1.165, 1.54) is 16.2 Å². The number of thiophene rings is 1. The first-order valence-electron chi connectivity index (χ1n) is 18.6. The number of allylic oxidation sites excluding steroid dienone is 1. The molecule has 3 fully saturated rings. The quantitative estimate of drug-likeness (QED) is 0.196. The Morgan fingerprint density at radius 1 is 0.963 bits per heavy atom. The minimum Gasteiger partial charge on any atom is -0.471 e. The fourth-order valence-corrected chi connectivity index (χ4v) is 8.43. The molecule has 2 aliphatic heterocycles. The predicted molar refractivity (Wildman–Crippen MR) is 197 cm³/mol. The molecule has 4 aromatic rings. The zero-order valence-corrected chi connectivity index (χ0v) is 30.4. The molecule has 0 bridgehead atoms. The molecule has 3 aromatic heterocycles. The number of tetrazole rings is 1. The van der Waals surface area contributed by atoms with E-state index in [9.17, 15) is 19.2 Å². The van der Waals surface area contributed by atoms with Crippen LogP contribution in [0.3, 0.4) is 0 Å². The number of rotatable bonds is 7. The second-order valence-corrected chi connectivity index (χ2v) is 15.3. The van der Waals surface area contributed by atoms with Gasteiger partial charge in [0.05, 0.1) is 22.5 Å². The molecule has 4 aliphatic rings. The summed E-state index contributed by atoms with van der Waals surface area (Å²) in [4.78, 5) is 68.0. The van der Waals surface area contributed by atoms with Crippen molar-refractivity contribution in [1.82, 2.24) is 46.1 Å². The van der Waals surface area contributed by atoms with Gasteiger partial charge in [-0.3, -0.25) is 19.7 Å². The summed E-state index contributed by atoms with van der Waals surface area (Å²) in [5, 5.41) is 23.9. The number of H-pyrrole nitrogens is 1. The highest BCUT2D eigenvalue weighted by Crippen LogP contribution is 2.46. The third-order valence-electron chi connectivity index (χ3n) is 10.7. The lowest BCUT2D eigenvalue weighted by Crippen LogP contribution is -2.57. The summed E-state index contributed by atoms with van der Waals surface area (Å²) in [6.07, 6.45) is 10.0. The van der Waals surface area contributed by atoms with Crippen LogP contribution in [0.5, 0.6) is 5.88 Å². The predicted octanol–water partition coefficient (Wildman–Crippen LogP) is 4.29. The average molecular weight is 755 g/mol. The van der Waals surface area contributed by atoms with Crippen LogP contribution in [0.15, 0.2) is 53.9 Å². The largest absolute Gasteiger partial charge is 0.471 e. The van der Waals surface area contributed by atoms with E-state index in [-0.39, 0.29) is 36.8 Å². The summed E-state index contributed by atoms with van der Waals surface area (Å²) < 4.78 is 12.3. The van der Waals surface area contributed by atoms with Crippen molar-refractivity contribution in [3.63, 3.8) is 0 Å². The number of alkyl carbamates (subject to hydrolysis) is 1. The van der Waals surface area contributed by atoms with Gasteiger partial charge in [-0.05, 0) is 85.4 Å². The molecular formula is C37H42N10O6S. The normalized spacial score (nSPS) is 26.9. The molecule has 0 unspecified atom stereocenters. The Balaban J connectivity index is 1.10. The molecule has 2 saturated carbocycles. The van der Waals surface area contributed by atoms with Crippen molar-refractivity contribution in [2.24, 2.45) is 5.92 Å². The molecule has 5 heterocycles. The number of hydrogen-bond donors (Lipinski definition) is 4. The van der Waals surface area contributed by atoms with Crippen LogP contribution in [0.4, 0.5) is 10.7 Å². The number of carbonyl (C=O) groups is 4. The highest BCUT2D eigenvalue weighted by atomic mass is 32.1. The second kappa shape index (κ2) is 15.5. The molecule has 16 nitrogen and oxygen atoms in total. The van der Waals surface area contributed by atoms with Crippen molar-refractivity contribution in [3.8, 4) is 16.5 Å². The standard InChI is InChI=1S/C37H42N10O6S/c48-31-28-19-24(52-32-30(29-17-10-18-54-29)38-25-14-8-9-15-26(25)39-32)21-47(28)33(49)27(40-36(51)53-23-12-6-7-13-23)16-5-3-1-2-4-11-22-20-37(22,42-31)34(50)41-35-43-45-46-44-35/h4,8-11,14-15,17-18,22-24,27-28H,1-3,5-7,12-13,16,19-21H2,(H,40,51)(H,42,48)(H2,41,43,44,45,46,50)/b11-4-/t22-,24-,27+,28+,37-/m1/s1. The fraction of sp³-hybridized carbons (Fsp3) is 0.486. The Hall–Kier alpha value is -5.45. The summed E-state index contributed by atoms with van der Waals surface area (Å²) in [5.74, 6) is -1.34. The first kappa shape index (κ1) is 35.6. The van der Waals surface area contributed by atoms with Gasteiger partial charge in [0, 0.05) is 12.3 Å². The van der Waals surface area contributed by atoms with Crippen LogP contribution < -0.4 is 20.7 Å². The van der Waals surface area contributed by atoms with Crippen molar-refractivity contribution < 1.29 is 28.7 Å². The van der Waals surface area contributed by atoms with Gasteiger partial charge >= 0.3 is 6.09 Å². The molecule has 1 saturated heterocycles. The Kier molecular flexibility index (Phi) is 10.2. The van der Waals surface area contributed by atoms with Crippen molar-refractivity contribution in [2.45, 2.75) is 100 Å². The summed E-state index contributed by atoms with van der Waals surface area (Å²) in [5.41, 5.74) is 0.621. The number of para-hydroxylation sites is 2. The van der Waals surface area contributed by atoms with Crippen LogP contribution >= 0.6 is 11.3 Å². The number of nitrogens with one attached hydrogen (secondary N) is 4. The average Bonchev–Trinajstić information content (AvgIpc) is 3.84. The Bertz CT molecular complexity index is 2020. The van der Waals surface area contributed by atoms with E-state index in [4.69, 9.17) is 19.4 Å². The van der Waals surface area contributed by atoms with E-state index in [2.05, 4.69) is 36.6 Å². The molecule has 17 heteroatoms.